The van der Waals surface area contributed by atoms with Crippen LogP contribution in [0.2, 0.25) is 0 Å². The third kappa shape index (κ3) is 5.67. The lowest BCUT2D eigenvalue weighted by Gasteiger charge is -2.18. The number of methoxy groups -OCH3 is 1. The number of hydrogen-bond acceptors (Lipinski definition) is 3. The maximum Gasteiger partial charge on any atom is 0.503 e. The molecule has 0 spiro atoms. The first-order valence-corrected chi connectivity index (χ1v) is 7.80. The predicted molar refractivity (Wildman–Crippen MR) is 88.2 cm³/mol. The van der Waals surface area contributed by atoms with E-state index in [9.17, 15) is 4.79 Å². The second-order valence-corrected chi connectivity index (χ2v) is 6.11. The first-order chi connectivity index (χ1) is 10.8. The number of hydrogen-bond donors (Lipinski definition) is 2. The summed E-state index contributed by atoms with van der Waals surface area (Å²) in [4.78, 5) is 21.0. The number of carboxylic acid groups (broad SMARTS) is 2. The van der Waals surface area contributed by atoms with Crippen LogP contribution in [-0.4, -0.2) is 35.4 Å². The van der Waals surface area contributed by atoms with Crippen LogP contribution in [0.5, 0.6) is 0 Å². The van der Waals surface area contributed by atoms with E-state index in [1.165, 1.54) is 22.3 Å². The van der Waals surface area contributed by atoms with Crippen LogP contribution in [0.25, 0.3) is 0 Å². The van der Waals surface area contributed by atoms with Gasteiger partial charge in [0.1, 0.15) is 5.78 Å². The topological polar surface area (TPSA) is 83.8 Å². The van der Waals surface area contributed by atoms with E-state index < -0.39 is 6.16 Å². The summed E-state index contributed by atoms with van der Waals surface area (Å²) < 4.78 is 5.44. The molecule has 0 aliphatic heterocycles. The lowest BCUT2D eigenvalue weighted by Crippen LogP contribution is -2.26. The van der Waals surface area contributed by atoms with Gasteiger partial charge >= 0.3 is 6.16 Å². The van der Waals surface area contributed by atoms with E-state index in [-0.39, 0.29) is 12.0 Å². The van der Waals surface area contributed by atoms with Crippen molar-refractivity contribution in [1.82, 2.24) is 0 Å². The number of ketones is 1. The quantitative estimate of drug-likeness (QED) is 0.881. The number of carbonyl (C=O) groups is 2. The minimum Gasteiger partial charge on any atom is -0.450 e. The lowest BCUT2D eigenvalue weighted by atomic mass is 9.90. The van der Waals surface area contributed by atoms with Crippen molar-refractivity contribution in [3.63, 3.8) is 0 Å². The van der Waals surface area contributed by atoms with Crippen LogP contribution in [-0.2, 0) is 16.0 Å². The van der Waals surface area contributed by atoms with Crippen LogP contribution in [0.1, 0.15) is 41.5 Å². The van der Waals surface area contributed by atoms with Crippen LogP contribution in [0, 0.1) is 26.7 Å². The van der Waals surface area contributed by atoms with Crippen molar-refractivity contribution in [3.05, 3.63) is 34.4 Å². The molecular formula is C18H26O5. The fraction of sp³-hybridized carbons (Fsp3) is 0.556. The van der Waals surface area contributed by atoms with E-state index in [4.69, 9.17) is 19.7 Å². The van der Waals surface area contributed by atoms with E-state index >= 15 is 0 Å². The normalized spacial score (nSPS) is 19.8. The zero-order valence-corrected chi connectivity index (χ0v) is 14.3. The summed E-state index contributed by atoms with van der Waals surface area (Å²) in [6.07, 6.45) is 1.99. The highest BCUT2D eigenvalue weighted by atomic mass is 16.6. The van der Waals surface area contributed by atoms with Crippen LogP contribution in [0.15, 0.2) is 12.1 Å². The molecule has 1 fully saturated rings. The van der Waals surface area contributed by atoms with Crippen LogP contribution in [0.3, 0.4) is 0 Å². The van der Waals surface area contributed by atoms with Gasteiger partial charge in [-0.1, -0.05) is 24.1 Å². The summed E-state index contributed by atoms with van der Waals surface area (Å²) in [5.74, 6) is 0.449. The number of Topliss-reactive ketones (excluding diaryl/α,β-unsaturated/α-hetero) is 1. The van der Waals surface area contributed by atoms with Gasteiger partial charge in [0.2, 0.25) is 0 Å². The van der Waals surface area contributed by atoms with Gasteiger partial charge in [-0.15, -0.1) is 0 Å². The number of aryl methyl sites for hydroxylation is 3. The van der Waals surface area contributed by atoms with Crippen LogP contribution < -0.4 is 0 Å². The molecule has 0 saturated heterocycles. The lowest BCUT2D eigenvalue weighted by molar-refractivity contribution is -0.125. The Kier molecular flexibility index (Phi) is 7.23. The Labute approximate surface area is 137 Å². The van der Waals surface area contributed by atoms with Gasteiger partial charge in [0.05, 0.1) is 6.10 Å². The van der Waals surface area contributed by atoms with E-state index in [0.29, 0.717) is 12.2 Å². The molecule has 1 aliphatic rings. The Morgan fingerprint density at radius 1 is 1.13 bits per heavy atom. The molecule has 0 radical (unpaired) electrons. The third-order valence-electron chi connectivity index (χ3n) is 4.36. The first kappa shape index (κ1) is 19.2. The molecule has 0 amide bonds. The maximum atomic E-state index is 12.5. The largest absolute Gasteiger partial charge is 0.503 e. The minimum atomic E-state index is -1.83. The van der Waals surface area contributed by atoms with Crippen molar-refractivity contribution in [1.29, 1.82) is 0 Å². The van der Waals surface area contributed by atoms with Crippen molar-refractivity contribution in [2.24, 2.45) is 5.92 Å². The molecule has 2 rings (SSSR count). The number of rotatable bonds is 4. The van der Waals surface area contributed by atoms with E-state index in [1.54, 1.807) is 7.11 Å². The molecule has 23 heavy (non-hydrogen) atoms. The monoisotopic (exact) mass is 322 g/mol. The van der Waals surface area contributed by atoms with Crippen molar-refractivity contribution < 1.29 is 24.5 Å². The summed E-state index contributed by atoms with van der Waals surface area (Å²) >= 11 is 0. The fourth-order valence-corrected chi connectivity index (χ4v) is 3.37. The van der Waals surface area contributed by atoms with Gasteiger partial charge in [-0.25, -0.2) is 4.79 Å². The molecule has 2 N–H and O–H groups in total. The molecule has 1 aromatic rings. The minimum absolute atomic E-state index is 0.102. The molecule has 1 saturated carbocycles. The smallest absolute Gasteiger partial charge is 0.450 e. The van der Waals surface area contributed by atoms with E-state index in [1.807, 2.05) is 0 Å². The van der Waals surface area contributed by atoms with Gasteiger partial charge in [-0.2, -0.15) is 0 Å². The number of carbonyl (C=O) groups excluding carboxylic acids is 1. The molecule has 1 aromatic carbocycles. The average molecular weight is 322 g/mol. The molecule has 0 aromatic heterocycles. The number of benzene rings is 1. The van der Waals surface area contributed by atoms with Crippen molar-refractivity contribution in [2.45, 2.75) is 52.6 Å². The molecule has 5 heteroatoms. The summed E-state index contributed by atoms with van der Waals surface area (Å²) in [5.41, 5.74) is 4.94. The molecule has 5 nitrogen and oxygen atoms in total. The average Bonchev–Trinajstić information content (AvgIpc) is 2.90. The highest BCUT2D eigenvalue weighted by molar-refractivity contribution is 5.84. The van der Waals surface area contributed by atoms with Gasteiger partial charge in [0, 0.05) is 19.4 Å². The standard InChI is InChI=1S/C17H24O2.CH2O3/c1-11-8-12(2)15(13(3)9-11)10-16(18)14-6-5-7-17(14)19-4;2-1(3)4/h8-9,14,17H,5-7,10H2,1-4H3;(H2,2,3,4). The Morgan fingerprint density at radius 3 is 2.13 bits per heavy atom. The highest BCUT2D eigenvalue weighted by Gasteiger charge is 2.32. The Bertz CT molecular complexity index is 538. The fourth-order valence-electron chi connectivity index (χ4n) is 3.37. The van der Waals surface area contributed by atoms with Gasteiger partial charge < -0.3 is 14.9 Å². The zero-order chi connectivity index (χ0) is 17.6. The SMILES string of the molecule is COC1CCCC1C(=O)Cc1c(C)cc(C)cc1C.O=C(O)O. The molecule has 0 heterocycles. The third-order valence-corrected chi connectivity index (χ3v) is 4.36. The summed E-state index contributed by atoms with van der Waals surface area (Å²) in [5, 5.41) is 13.9. The van der Waals surface area contributed by atoms with Crippen molar-refractivity contribution >= 4 is 11.9 Å². The van der Waals surface area contributed by atoms with Gasteiger partial charge in [-0.3, -0.25) is 4.79 Å². The van der Waals surface area contributed by atoms with E-state index in [0.717, 1.165) is 19.3 Å². The molecule has 0 bridgehead atoms. The predicted octanol–water partition coefficient (Wildman–Crippen LogP) is 3.76. The molecule has 2 unspecified atom stereocenters. The maximum absolute atomic E-state index is 12.5. The highest BCUT2D eigenvalue weighted by Crippen LogP contribution is 2.30. The number of ether oxygens (including phenoxy) is 1. The van der Waals surface area contributed by atoms with Gasteiger partial charge in [0.15, 0.2) is 0 Å². The van der Waals surface area contributed by atoms with Gasteiger partial charge in [0.25, 0.3) is 0 Å². The van der Waals surface area contributed by atoms with Crippen molar-refractivity contribution in [2.75, 3.05) is 7.11 Å². The second-order valence-electron chi connectivity index (χ2n) is 6.11. The van der Waals surface area contributed by atoms with E-state index in [2.05, 4.69) is 32.9 Å². The van der Waals surface area contributed by atoms with Crippen molar-refractivity contribution in [3.8, 4) is 0 Å². The zero-order valence-electron chi connectivity index (χ0n) is 14.3. The molecule has 128 valence electrons. The van der Waals surface area contributed by atoms with Gasteiger partial charge in [-0.05, 0) is 50.3 Å². The Hall–Kier alpha value is -1.88. The second kappa shape index (κ2) is 8.67. The molecular weight excluding hydrogens is 296 g/mol. The van der Waals surface area contributed by atoms with Crippen LogP contribution in [0.4, 0.5) is 4.79 Å². The summed E-state index contributed by atoms with van der Waals surface area (Å²) in [7, 11) is 1.72. The molecule has 2 atom stereocenters. The summed E-state index contributed by atoms with van der Waals surface area (Å²) in [6.45, 7) is 6.31. The van der Waals surface area contributed by atoms with Crippen LogP contribution >= 0.6 is 0 Å². The first-order valence-electron chi connectivity index (χ1n) is 7.80. The molecule has 1 aliphatic carbocycles. The Morgan fingerprint density at radius 2 is 1.65 bits per heavy atom. The Balaban J connectivity index is 0.000000593. The summed E-state index contributed by atoms with van der Waals surface area (Å²) in [6, 6.07) is 4.33.